The largest absolute Gasteiger partial charge is 0.446 e. The first kappa shape index (κ1) is 18.3. The highest BCUT2D eigenvalue weighted by atomic mass is 32.2. The van der Waals surface area contributed by atoms with E-state index in [1.165, 1.54) is 18.4 Å². The van der Waals surface area contributed by atoms with Crippen molar-refractivity contribution >= 4 is 15.4 Å². The molecule has 3 aromatic rings. The minimum Gasteiger partial charge on any atom is -0.364 e. The third-order valence-corrected chi connectivity index (χ3v) is 4.49. The summed E-state index contributed by atoms with van der Waals surface area (Å²) in [5, 5.41) is 14.0. The topological polar surface area (TPSA) is 147 Å². The summed E-state index contributed by atoms with van der Waals surface area (Å²) >= 11 is 0. The van der Waals surface area contributed by atoms with Crippen LogP contribution in [0.25, 0.3) is 17.2 Å². The van der Waals surface area contributed by atoms with Crippen molar-refractivity contribution < 1.29 is 13.5 Å². The molecular weight excluding hydrogens is 377 g/mol. The number of anilines is 1. The van der Waals surface area contributed by atoms with Crippen LogP contribution in [0.5, 0.6) is 0 Å². The van der Waals surface area contributed by atoms with Gasteiger partial charge >= 0.3 is 5.76 Å². The summed E-state index contributed by atoms with van der Waals surface area (Å²) < 4.78 is 39.3. The lowest BCUT2D eigenvalue weighted by Crippen LogP contribution is -2.15. The second-order valence-corrected chi connectivity index (χ2v) is 8.18. The Hall–Kier alpha value is -3.46. The molecule has 0 fully saturated rings. The molecule has 10 nitrogen and oxygen atoms in total. The third kappa shape index (κ3) is 3.87. The van der Waals surface area contributed by atoms with E-state index in [0.29, 0.717) is 0 Å². The quantitative estimate of drug-likeness (QED) is 0.542. The number of halogens is 1. The molecule has 1 aromatic carbocycles. The number of aromatic nitrogens is 4. The molecule has 0 radical (unpaired) electrons. The normalized spacial score (nSPS) is 11.3. The Kier molecular flexibility index (Phi) is 4.78. The number of hydrogen-bond acceptors (Lipinski definition) is 9. The highest BCUT2D eigenvalue weighted by molar-refractivity contribution is 7.92. The van der Waals surface area contributed by atoms with Crippen molar-refractivity contribution in [2.24, 2.45) is 0 Å². The maximum Gasteiger partial charge on any atom is 0.446 e. The van der Waals surface area contributed by atoms with E-state index in [4.69, 9.17) is 25.1 Å². The van der Waals surface area contributed by atoms with Gasteiger partial charge in [0.05, 0.1) is 11.3 Å². The average molecular weight is 391 g/mol. The van der Waals surface area contributed by atoms with Crippen molar-refractivity contribution in [2.45, 2.75) is 0 Å². The van der Waals surface area contributed by atoms with Gasteiger partial charge in [-0.3, -0.25) is 14.1 Å². The van der Waals surface area contributed by atoms with Crippen LogP contribution < -0.4 is 11.1 Å². The fourth-order valence-electron chi connectivity index (χ4n) is 2.21. The van der Waals surface area contributed by atoms with Gasteiger partial charge < -0.3 is 5.32 Å². The van der Waals surface area contributed by atoms with Gasteiger partial charge in [0, 0.05) is 18.6 Å². The zero-order chi connectivity index (χ0) is 19.6. The van der Waals surface area contributed by atoms with Gasteiger partial charge in [-0.25, -0.2) is 18.4 Å². The molecule has 0 unspecified atom stereocenters. The zero-order valence-corrected chi connectivity index (χ0v) is 14.8. The molecule has 0 aliphatic carbocycles. The van der Waals surface area contributed by atoms with E-state index < -0.39 is 21.2 Å². The predicted molar refractivity (Wildman–Crippen MR) is 95.4 cm³/mol. The van der Waals surface area contributed by atoms with Crippen LogP contribution >= 0.6 is 0 Å². The molecule has 0 aliphatic rings. The first-order valence-electron chi connectivity index (χ1n) is 7.47. The Morgan fingerprint density at radius 1 is 1.37 bits per heavy atom. The summed E-state index contributed by atoms with van der Waals surface area (Å²) in [5.74, 6) is 1.19. The molecule has 0 saturated carbocycles. The third-order valence-electron chi connectivity index (χ3n) is 3.47. The van der Waals surface area contributed by atoms with Crippen LogP contribution in [0.1, 0.15) is 5.56 Å². The lowest BCUT2D eigenvalue weighted by Gasteiger charge is -2.07. The van der Waals surface area contributed by atoms with E-state index in [0.717, 1.165) is 10.6 Å². The minimum atomic E-state index is -2.20. The summed E-state index contributed by atoms with van der Waals surface area (Å²) in [4.78, 5) is 12.1. The van der Waals surface area contributed by atoms with E-state index in [-0.39, 0.29) is 40.9 Å². The van der Waals surface area contributed by atoms with Crippen molar-refractivity contribution in [1.29, 1.82) is 9.56 Å². The standard InChI is InChI=1S/C15H14FN7O3S/c1-3-9-8-10(4-5-11(9)16)23-14(22-25-15(23)24)12-13(21-26-20-12)19-6-7-27(2,17)18/h1,4-5,8,17-18H,6-7H2,2H3,(H,19,21). The summed E-state index contributed by atoms with van der Waals surface area (Å²) in [7, 11) is -2.20. The number of nitrogens with one attached hydrogen (secondary N) is 3. The number of rotatable bonds is 6. The van der Waals surface area contributed by atoms with Crippen LogP contribution in [0.4, 0.5) is 10.2 Å². The monoisotopic (exact) mass is 391 g/mol. The van der Waals surface area contributed by atoms with Gasteiger partial charge in [0.1, 0.15) is 5.82 Å². The first-order valence-corrected chi connectivity index (χ1v) is 9.68. The molecule has 0 atom stereocenters. The van der Waals surface area contributed by atoms with Gasteiger partial charge in [0.15, 0.2) is 5.69 Å². The summed E-state index contributed by atoms with van der Waals surface area (Å²) in [6, 6.07) is 3.76. The fraction of sp³-hybridized carbons (Fsp3) is 0.200. The van der Waals surface area contributed by atoms with Gasteiger partial charge in [-0.15, -0.1) is 6.42 Å². The highest BCUT2D eigenvalue weighted by Gasteiger charge is 2.23. The Bertz CT molecular complexity index is 1190. The Balaban J connectivity index is 2.01. The molecular formula is C15H14FN7O3S. The van der Waals surface area contributed by atoms with Gasteiger partial charge in [-0.05, 0) is 28.5 Å². The molecule has 3 rings (SSSR count). The molecule has 140 valence electrons. The molecule has 0 bridgehead atoms. The Labute approximate surface area is 152 Å². The van der Waals surface area contributed by atoms with Gasteiger partial charge in [-0.2, -0.15) is 0 Å². The molecule has 0 amide bonds. The molecule has 27 heavy (non-hydrogen) atoms. The number of terminal acetylenes is 1. The predicted octanol–water partition coefficient (Wildman–Crippen LogP) is 1.72. The van der Waals surface area contributed by atoms with Gasteiger partial charge in [0.25, 0.3) is 0 Å². The molecule has 2 aromatic heterocycles. The van der Waals surface area contributed by atoms with Crippen molar-refractivity contribution in [1.82, 2.24) is 20.0 Å². The second kappa shape index (κ2) is 7.04. The van der Waals surface area contributed by atoms with Crippen LogP contribution in [0.15, 0.2) is 32.1 Å². The lowest BCUT2D eigenvalue weighted by molar-refractivity contribution is 0.309. The highest BCUT2D eigenvalue weighted by Crippen LogP contribution is 2.24. The van der Waals surface area contributed by atoms with Crippen molar-refractivity contribution in [3.05, 3.63) is 40.1 Å². The SMILES string of the molecule is C#Cc1cc(-n2c(-c3nonc3NCCS(C)(=N)=N)noc2=O)ccc1F. The van der Waals surface area contributed by atoms with E-state index in [1.54, 1.807) is 0 Å². The van der Waals surface area contributed by atoms with Crippen LogP contribution in [0, 0.1) is 27.7 Å². The van der Waals surface area contributed by atoms with E-state index in [1.807, 2.05) is 0 Å². The van der Waals surface area contributed by atoms with E-state index >= 15 is 0 Å². The van der Waals surface area contributed by atoms with Gasteiger partial charge in [0.2, 0.25) is 11.6 Å². The number of benzene rings is 1. The molecule has 0 aliphatic heterocycles. The second-order valence-electron chi connectivity index (χ2n) is 5.60. The summed E-state index contributed by atoms with van der Waals surface area (Å²) in [5.41, 5.74) is 0.282. The van der Waals surface area contributed by atoms with Crippen LogP contribution in [0.2, 0.25) is 0 Å². The lowest BCUT2D eigenvalue weighted by atomic mass is 10.2. The average Bonchev–Trinajstić information content (AvgIpc) is 3.20. The molecule has 3 N–H and O–H groups in total. The smallest absolute Gasteiger partial charge is 0.364 e. The van der Waals surface area contributed by atoms with Crippen molar-refractivity contribution in [2.75, 3.05) is 23.9 Å². The Morgan fingerprint density at radius 3 is 2.85 bits per heavy atom. The maximum absolute atomic E-state index is 13.6. The van der Waals surface area contributed by atoms with Crippen LogP contribution in [-0.4, -0.2) is 38.6 Å². The molecule has 12 heteroatoms. The zero-order valence-electron chi connectivity index (χ0n) is 14.0. The first-order chi connectivity index (χ1) is 12.8. The minimum absolute atomic E-state index is 0.0230. The fourth-order valence-corrected chi connectivity index (χ4v) is 2.73. The van der Waals surface area contributed by atoms with E-state index in [2.05, 4.69) is 26.7 Å². The van der Waals surface area contributed by atoms with Crippen molar-refractivity contribution in [3.63, 3.8) is 0 Å². The van der Waals surface area contributed by atoms with Crippen molar-refractivity contribution in [3.8, 4) is 29.5 Å². The van der Waals surface area contributed by atoms with E-state index in [9.17, 15) is 9.18 Å². The maximum atomic E-state index is 13.6. The molecule has 2 heterocycles. The molecule has 0 saturated heterocycles. The Morgan fingerprint density at radius 2 is 2.15 bits per heavy atom. The molecule has 0 spiro atoms. The number of hydrogen-bond donors (Lipinski definition) is 3. The number of nitrogens with zero attached hydrogens (tertiary/aromatic N) is 4. The summed E-state index contributed by atoms with van der Waals surface area (Å²) in [6.45, 7) is 0.278. The summed E-state index contributed by atoms with van der Waals surface area (Å²) in [6.07, 6.45) is 6.80. The van der Waals surface area contributed by atoms with Crippen LogP contribution in [-0.2, 0) is 9.62 Å². The van der Waals surface area contributed by atoms with Gasteiger partial charge in [-0.1, -0.05) is 20.7 Å². The van der Waals surface area contributed by atoms with Crippen LogP contribution in [0.3, 0.4) is 0 Å².